The van der Waals surface area contributed by atoms with Gasteiger partial charge in [-0.3, -0.25) is 14.3 Å². The van der Waals surface area contributed by atoms with Gasteiger partial charge >= 0.3 is 0 Å². The first-order valence-electron chi connectivity index (χ1n) is 9.20. The number of piperidine rings is 2. The summed E-state index contributed by atoms with van der Waals surface area (Å²) in [5, 5.41) is 4.36. The van der Waals surface area contributed by atoms with E-state index in [2.05, 4.69) is 5.10 Å². The second-order valence-corrected chi connectivity index (χ2v) is 6.97. The first kappa shape index (κ1) is 17.0. The molecule has 0 saturated carbocycles. The normalized spacial score (nSPS) is 19.6. The van der Waals surface area contributed by atoms with Crippen molar-refractivity contribution in [3.05, 3.63) is 17.5 Å². The summed E-state index contributed by atoms with van der Waals surface area (Å²) in [7, 11) is 1.85. The summed E-state index contributed by atoms with van der Waals surface area (Å²) in [4.78, 5) is 29.3. The largest absolute Gasteiger partial charge is 0.342 e. The van der Waals surface area contributed by atoms with E-state index in [-0.39, 0.29) is 11.8 Å². The third-order valence-electron chi connectivity index (χ3n) is 5.27. The van der Waals surface area contributed by atoms with Gasteiger partial charge in [-0.2, -0.15) is 5.10 Å². The monoisotopic (exact) mass is 332 g/mol. The molecule has 2 aliphatic rings. The molecule has 3 heterocycles. The molecule has 2 saturated heterocycles. The van der Waals surface area contributed by atoms with Crippen molar-refractivity contribution in [2.24, 2.45) is 13.0 Å². The molecule has 0 atom stereocenters. The molecule has 2 aliphatic heterocycles. The zero-order chi connectivity index (χ0) is 17.1. The topological polar surface area (TPSA) is 58.4 Å². The number of likely N-dealkylation sites (tertiary alicyclic amines) is 2. The van der Waals surface area contributed by atoms with Crippen molar-refractivity contribution < 1.29 is 9.59 Å². The highest BCUT2D eigenvalue weighted by Gasteiger charge is 2.31. The number of hydrogen-bond donors (Lipinski definition) is 0. The van der Waals surface area contributed by atoms with E-state index in [9.17, 15) is 9.59 Å². The summed E-state index contributed by atoms with van der Waals surface area (Å²) in [6.45, 7) is 5.17. The standard InChI is InChI=1S/C18H28N4O2/c1-3-16-15(13-20(2)19-16)18(24)22-11-7-14(8-12-22)17(23)21-9-5-4-6-10-21/h13-14H,3-12H2,1-2H3. The Bertz CT molecular complexity index is 596. The molecule has 0 radical (unpaired) electrons. The van der Waals surface area contributed by atoms with Crippen molar-refractivity contribution in [3.8, 4) is 0 Å². The second kappa shape index (κ2) is 7.36. The van der Waals surface area contributed by atoms with E-state index in [0.29, 0.717) is 24.6 Å². The Balaban J connectivity index is 1.58. The Hall–Kier alpha value is -1.85. The fourth-order valence-electron chi connectivity index (χ4n) is 3.85. The molecule has 2 amide bonds. The minimum absolute atomic E-state index is 0.0591. The molecule has 0 unspecified atom stereocenters. The van der Waals surface area contributed by atoms with Gasteiger partial charge in [-0.15, -0.1) is 0 Å². The van der Waals surface area contributed by atoms with Crippen molar-refractivity contribution in [2.45, 2.75) is 45.4 Å². The molecule has 0 spiro atoms. The van der Waals surface area contributed by atoms with Crippen LogP contribution in [0.15, 0.2) is 6.20 Å². The predicted molar refractivity (Wildman–Crippen MR) is 91.6 cm³/mol. The minimum atomic E-state index is 0.0591. The van der Waals surface area contributed by atoms with Crippen LogP contribution in [0.4, 0.5) is 0 Å². The molecule has 0 N–H and O–H groups in total. The average molecular weight is 332 g/mol. The fourth-order valence-corrected chi connectivity index (χ4v) is 3.85. The molecule has 2 fully saturated rings. The number of amides is 2. The summed E-state index contributed by atoms with van der Waals surface area (Å²) in [5.74, 6) is 0.452. The van der Waals surface area contributed by atoms with Crippen LogP contribution in [0.25, 0.3) is 0 Å². The third kappa shape index (κ3) is 3.47. The zero-order valence-electron chi connectivity index (χ0n) is 14.8. The SMILES string of the molecule is CCc1nn(C)cc1C(=O)N1CCC(C(=O)N2CCCCC2)CC1. The number of rotatable bonds is 3. The van der Waals surface area contributed by atoms with E-state index >= 15 is 0 Å². The molecule has 1 aromatic heterocycles. The Morgan fingerprint density at radius 3 is 2.38 bits per heavy atom. The lowest BCUT2D eigenvalue weighted by molar-refractivity contribution is -0.137. The van der Waals surface area contributed by atoms with E-state index in [4.69, 9.17) is 0 Å². The Kier molecular flexibility index (Phi) is 5.21. The van der Waals surface area contributed by atoms with Gasteiger partial charge < -0.3 is 9.80 Å². The molecular formula is C18H28N4O2. The summed E-state index contributed by atoms with van der Waals surface area (Å²) < 4.78 is 1.71. The van der Waals surface area contributed by atoms with Gasteiger partial charge in [-0.1, -0.05) is 6.92 Å². The minimum Gasteiger partial charge on any atom is -0.342 e. The van der Waals surface area contributed by atoms with Crippen molar-refractivity contribution in [1.82, 2.24) is 19.6 Å². The third-order valence-corrected chi connectivity index (χ3v) is 5.27. The molecule has 6 nitrogen and oxygen atoms in total. The van der Waals surface area contributed by atoms with Gasteiger partial charge in [0.05, 0.1) is 11.3 Å². The predicted octanol–water partition coefficient (Wildman–Crippen LogP) is 1.85. The van der Waals surface area contributed by atoms with Crippen LogP contribution in [0.1, 0.15) is 55.1 Å². The van der Waals surface area contributed by atoms with E-state index in [1.165, 1.54) is 6.42 Å². The smallest absolute Gasteiger partial charge is 0.257 e. The van der Waals surface area contributed by atoms with Crippen LogP contribution >= 0.6 is 0 Å². The highest BCUT2D eigenvalue weighted by molar-refractivity contribution is 5.95. The average Bonchev–Trinajstić information content (AvgIpc) is 3.02. The fraction of sp³-hybridized carbons (Fsp3) is 0.722. The molecule has 0 bridgehead atoms. The van der Waals surface area contributed by atoms with Gasteiger partial charge in [-0.05, 0) is 38.5 Å². The summed E-state index contributed by atoms with van der Waals surface area (Å²) in [6.07, 6.45) is 7.62. The molecular weight excluding hydrogens is 304 g/mol. The first-order chi connectivity index (χ1) is 11.6. The maximum absolute atomic E-state index is 12.7. The van der Waals surface area contributed by atoms with Crippen LogP contribution in [0.5, 0.6) is 0 Å². The molecule has 132 valence electrons. The number of hydrogen-bond acceptors (Lipinski definition) is 3. The van der Waals surface area contributed by atoms with Crippen LogP contribution in [0.3, 0.4) is 0 Å². The van der Waals surface area contributed by atoms with E-state index in [1.54, 1.807) is 4.68 Å². The van der Waals surface area contributed by atoms with E-state index < -0.39 is 0 Å². The van der Waals surface area contributed by atoms with Gasteiger partial charge in [0, 0.05) is 45.3 Å². The number of aromatic nitrogens is 2. The van der Waals surface area contributed by atoms with Crippen LogP contribution < -0.4 is 0 Å². The molecule has 0 aliphatic carbocycles. The van der Waals surface area contributed by atoms with Crippen molar-refractivity contribution in [3.63, 3.8) is 0 Å². The summed E-state index contributed by atoms with van der Waals surface area (Å²) in [5.41, 5.74) is 1.56. The maximum Gasteiger partial charge on any atom is 0.257 e. The number of carbonyl (C=O) groups excluding carboxylic acids is 2. The molecule has 6 heteroatoms. The van der Waals surface area contributed by atoms with Crippen molar-refractivity contribution in [1.29, 1.82) is 0 Å². The first-order valence-corrected chi connectivity index (χ1v) is 9.20. The molecule has 1 aromatic rings. The highest BCUT2D eigenvalue weighted by Crippen LogP contribution is 2.23. The maximum atomic E-state index is 12.7. The molecule has 0 aromatic carbocycles. The van der Waals surface area contributed by atoms with E-state index in [0.717, 1.165) is 50.9 Å². The van der Waals surface area contributed by atoms with Gasteiger partial charge in [0.15, 0.2) is 0 Å². The number of carbonyl (C=O) groups is 2. The quantitative estimate of drug-likeness (QED) is 0.849. The lowest BCUT2D eigenvalue weighted by atomic mass is 9.94. The van der Waals surface area contributed by atoms with Gasteiger partial charge in [-0.25, -0.2) is 0 Å². The van der Waals surface area contributed by atoms with Crippen LogP contribution in [0.2, 0.25) is 0 Å². The van der Waals surface area contributed by atoms with Crippen LogP contribution in [-0.2, 0) is 18.3 Å². The lowest BCUT2D eigenvalue weighted by Gasteiger charge is -2.35. The molecule has 3 rings (SSSR count). The number of nitrogens with zero attached hydrogens (tertiary/aromatic N) is 4. The number of aryl methyl sites for hydroxylation is 2. The van der Waals surface area contributed by atoms with Crippen molar-refractivity contribution in [2.75, 3.05) is 26.2 Å². The zero-order valence-corrected chi connectivity index (χ0v) is 14.8. The van der Waals surface area contributed by atoms with Crippen molar-refractivity contribution >= 4 is 11.8 Å². The Labute approximate surface area is 143 Å². The van der Waals surface area contributed by atoms with Gasteiger partial charge in [0.2, 0.25) is 5.91 Å². The Morgan fingerprint density at radius 1 is 1.08 bits per heavy atom. The lowest BCUT2D eigenvalue weighted by Crippen LogP contribution is -2.45. The van der Waals surface area contributed by atoms with Crippen LogP contribution in [0, 0.1) is 5.92 Å². The summed E-state index contributed by atoms with van der Waals surface area (Å²) >= 11 is 0. The Morgan fingerprint density at radius 2 is 1.75 bits per heavy atom. The van der Waals surface area contributed by atoms with E-state index in [1.807, 2.05) is 30.0 Å². The van der Waals surface area contributed by atoms with Gasteiger partial charge in [0.25, 0.3) is 5.91 Å². The van der Waals surface area contributed by atoms with Gasteiger partial charge in [0.1, 0.15) is 0 Å². The molecule has 24 heavy (non-hydrogen) atoms. The second-order valence-electron chi connectivity index (χ2n) is 6.97. The summed E-state index contributed by atoms with van der Waals surface area (Å²) in [6, 6.07) is 0. The van der Waals surface area contributed by atoms with Crippen LogP contribution in [-0.4, -0.2) is 57.6 Å². The highest BCUT2D eigenvalue weighted by atomic mass is 16.2.